The average Bonchev–Trinajstić information content (AvgIpc) is 2.62. The number of carbonyl (C=O) groups is 2. The van der Waals surface area contributed by atoms with Gasteiger partial charge in [-0.05, 0) is 55.7 Å². The summed E-state index contributed by atoms with van der Waals surface area (Å²) in [5.41, 5.74) is 2.62. The second-order valence-electron chi connectivity index (χ2n) is 5.71. The van der Waals surface area contributed by atoms with Gasteiger partial charge in [-0.15, -0.1) is 0 Å². The van der Waals surface area contributed by atoms with Crippen LogP contribution in [-0.4, -0.2) is 25.1 Å². The fraction of sp³-hybridized carbons (Fsp3) is 0.300. The first-order chi connectivity index (χ1) is 12.5. The van der Waals surface area contributed by atoms with E-state index in [1.165, 1.54) is 0 Å². The van der Waals surface area contributed by atoms with Crippen LogP contribution >= 0.6 is 15.9 Å². The number of nitrogens with one attached hydrogen (secondary N) is 1. The summed E-state index contributed by atoms with van der Waals surface area (Å²) in [6, 6.07) is 13.1. The third-order valence-corrected chi connectivity index (χ3v) is 4.57. The molecule has 138 valence electrons. The fourth-order valence-electron chi connectivity index (χ4n) is 2.38. The molecule has 0 aliphatic heterocycles. The maximum atomic E-state index is 11.9. The number of hydrogen-bond donors (Lipinski definition) is 1. The van der Waals surface area contributed by atoms with Crippen LogP contribution < -0.4 is 10.1 Å². The van der Waals surface area contributed by atoms with Gasteiger partial charge in [-0.25, -0.2) is 0 Å². The molecule has 0 saturated carbocycles. The second-order valence-corrected chi connectivity index (χ2v) is 6.57. The molecular formula is C20H22BrNO4. The van der Waals surface area contributed by atoms with Crippen molar-refractivity contribution in [3.8, 4) is 5.75 Å². The molecule has 0 heterocycles. The van der Waals surface area contributed by atoms with Crippen LogP contribution in [0.1, 0.15) is 24.5 Å². The van der Waals surface area contributed by atoms with Crippen LogP contribution in [0.15, 0.2) is 46.9 Å². The number of ether oxygens (including phenoxy) is 2. The summed E-state index contributed by atoms with van der Waals surface area (Å²) in [5.74, 6) is -0.0145. The molecule has 0 aliphatic rings. The van der Waals surface area contributed by atoms with E-state index < -0.39 is 5.97 Å². The predicted molar refractivity (Wildman–Crippen MR) is 104 cm³/mol. The third kappa shape index (κ3) is 6.19. The van der Waals surface area contributed by atoms with E-state index in [0.717, 1.165) is 21.3 Å². The summed E-state index contributed by atoms with van der Waals surface area (Å²) in [6.07, 6.45) is 0.692. The normalized spacial score (nSPS) is 10.3. The van der Waals surface area contributed by atoms with Crippen LogP contribution in [0.3, 0.4) is 0 Å². The lowest BCUT2D eigenvalue weighted by Gasteiger charge is -2.10. The molecule has 2 aromatic carbocycles. The Morgan fingerprint density at radius 1 is 1.15 bits per heavy atom. The van der Waals surface area contributed by atoms with Gasteiger partial charge in [0.15, 0.2) is 6.61 Å². The highest BCUT2D eigenvalue weighted by molar-refractivity contribution is 9.10. The number of hydrogen-bond acceptors (Lipinski definition) is 4. The van der Waals surface area contributed by atoms with Gasteiger partial charge in [0.2, 0.25) is 0 Å². The van der Waals surface area contributed by atoms with Crippen molar-refractivity contribution in [2.75, 3.05) is 18.5 Å². The zero-order valence-corrected chi connectivity index (χ0v) is 16.5. The predicted octanol–water partition coefficient (Wildman–Crippen LogP) is 4.27. The number of anilines is 1. The Balaban J connectivity index is 1.78. The molecule has 0 unspecified atom stereocenters. The zero-order valence-electron chi connectivity index (χ0n) is 14.9. The first-order valence-electron chi connectivity index (χ1n) is 8.42. The minimum atomic E-state index is -0.418. The van der Waals surface area contributed by atoms with E-state index in [2.05, 4.69) is 21.2 Å². The van der Waals surface area contributed by atoms with Crippen molar-refractivity contribution >= 4 is 33.5 Å². The van der Waals surface area contributed by atoms with Gasteiger partial charge in [-0.1, -0.05) is 34.1 Å². The van der Waals surface area contributed by atoms with E-state index in [1.54, 1.807) is 6.07 Å². The Morgan fingerprint density at radius 3 is 2.65 bits per heavy atom. The third-order valence-electron chi connectivity index (χ3n) is 3.68. The molecule has 0 aliphatic carbocycles. The maximum absolute atomic E-state index is 11.9. The van der Waals surface area contributed by atoms with Crippen molar-refractivity contribution in [2.45, 2.75) is 26.7 Å². The van der Waals surface area contributed by atoms with E-state index in [9.17, 15) is 9.59 Å². The Bertz CT molecular complexity index is 776. The quantitative estimate of drug-likeness (QED) is 0.648. The van der Waals surface area contributed by atoms with Gasteiger partial charge < -0.3 is 14.8 Å². The summed E-state index contributed by atoms with van der Waals surface area (Å²) in [7, 11) is 0. The maximum Gasteiger partial charge on any atom is 0.306 e. The average molecular weight is 420 g/mol. The minimum Gasteiger partial charge on any atom is -0.494 e. The van der Waals surface area contributed by atoms with Gasteiger partial charge in [0.1, 0.15) is 5.75 Å². The summed E-state index contributed by atoms with van der Waals surface area (Å²) >= 11 is 3.41. The number of rotatable bonds is 8. The monoisotopic (exact) mass is 419 g/mol. The molecule has 0 atom stereocenters. The Morgan fingerprint density at radius 2 is 1.92 bits per heavy atom. The molecule has 0 bridgehead atoms. The van der Waals surface area contributed by atoms with E-state index in [-0.39, 0.29) is 18.9 Å². The van der Waals surface area contributed by atoms with Gasteiger partial charge in [0, 0.05) is 16.6 Å². The van der Waals surface area contributed by atoms with Crippen LogP contribution in [0.4, 0.5) is 5.69 Å². The Labute approximate surface area is 161 Å². The Kier molecular flexibility index (Phi) is 7.66. The van der Waals surface area contributed by atoms with Gasteiger partial charge in [-0.3, -0.25) is 9.59 Å². The van der Waals surface area contributed by atoms with Gasteiger partial charge in [0.25, 0.3) is 5.91 Å². The van der Waals surface area contributed by atoms with Crippen molar-refractivity contribution in [1.29, 1.82) is 0 Å². The van der Waals surface area contributed by atoms with E-state index in [4.69, 9.17) is 9.47 Å². The molecule has 5 nitrogen and oxygen atoms in total. The van der Waals surface area contributed by atoms with Crippen LogP contribution in [-0.2, 0) is 20.7 Å². The van der Waals surface area contributed by atoms with Crippen LogP contribution in [0, 0.1) is 6.92 Å². The number of carbonyl (C=O) groups excluding carboxylic acids is 2. The van der Waals surface area contributed by atoms with Gasteiger partial charge in [-0.2, -0.15) is 0 Å². The highest BCUT2D eigenvalue weighted by atomic mass is 79.9. The van der Waals surface area contributed by atoms with Crippen molar-refractivity contribution in [2.24, 2.45) is 0 Å². The first-order valence-corrected chi connectivity index (χ1v) is 9.21. The molecule has 6 heteroatoms. The van der Waals surface area contributed by atoms with Crippen LogP contribution in [0.5, 0.6) is 5.75 Å². The second kappa shape index (κ2) is 9.97. The number of halogens is 1. The van der Waals surface area contributed by atoms with Crippen LogP contribution in [0.25, 0.3) is 0 Å². The van der Waals surface area contributed by atoms with E-state index in [0.29, 0.717) is 18.7 Å². The molecule has 2 rings (SSSR count). The van der Waals surface area contributed by atoms with Gasteiger partial charge >= 0.3 is 5.97 Å². The number of esters is 1. The molecule has 0 fully saturated rings. The molecular weight excluding hydrogens is 398 g/mol. The lowest BCUT2D eigenvalue weighted by atomic mass is 10.1. The summed E-state index contributed by atoms with van der Waals surface area (Å²) in [6.45, 7) is 4.11. The molecule has 1 amide bonds. The molecule has 1 N–H and O–H groups in total. The van der Waals surface area contributed by atoms with E-state index >= 15 is 0 Å². The SMILES string of the molecule is CCOc1ccccc1CCC(=O)OCC(=O)Nc1ccc(Br)c(C)c1. The summed E-state index contributed by atoms with van der Waals surface area (Å²) in [5, 5.41) is 2.71. The topological polar surface area (TPSA) is 64.6 Å². The number of amides is 1. The highest BCUT2D eigenvalue weighted by Crippen LogP contribution is 2.20. The van der Waals surface area contributed by atoms with E-state index in [1.807, 2.05) is 50.2 Å². The molecule has 0 radical (unpaired) electrons. The fourth-order valence-corrected chi connectivity index (χ4v) is 2.63. The first kappa shape index (κ1) is 20.0. The number of para-hydroxylation sites is 1. The smallest absolute Gasteiger partial charge is 0.306 e. The molecule has 0 spiro atoms. The summed E-state index contributed by atoms with van der Waals surface area (Å²) < 4.78 is 11.5. The molecule has 0 aromatic heterocycles. The van der Waals surface area contributed by atoms with Crippen molar-refractivity contribution in [1.82, 2.24) is 0 Å². The number of aryl methyl sites for hydroxylation is 2. The molecule has 0 saturated heterocycles. The summed E-state index contributed by atoms with van der Waals surface area (Å²) in [4.78, 5) is 23.8. The minimum absolute atomic E-state index is 0.189. The molecule has 2 aromatic rings. The number of benzene rings is 2. The largest absolute Gasteiger partial charge is 0.494 e. The Hall–Kier alpha value is -2.34. The van der Waals surface area contributed by atoms with Crippen molar-refractivity contribution in [3.63, 3.8) is 0 Å². The van der Waals surface area contributed by atoms with Crippen LogP contribution in [0.2, 0.25) is 0 Å². The van der Waals surface area contributed by atoms with Crippen molar-refractivity contribution < 1.29 is 19.1 Å². The molecule has 26 heavy (non-hydrogen) atoms. The van der Waals surface area contributed by atoms with Gasteiger partial charge in [0.05, 0.1) is 6.61 Å². The lowest BCUT2D eigenvalue weighted by molar-refractivity contribution is -0.147. The highest BCUT2D eigenvalue weighted by Gasteiger charge is 2.10. The standard InChI is InChI=1S/C20H22BrNO4/c1-3-25-18-7-5-4-6-15(18)8-11-20(24)26-13-19(23)22-16-9-10-17(21)14(2)12-16/h4-7,9-10,12H,3,8,11,13H2,1-2H3,(H,22,23). The van der Waals surface area contributed by atoms with Crippen molar-refractivity contribution in [3.05, 3.63) is 58.1 Å². The lowest BCUT2D eigenvalue weighted by Crippen LogP contribution is -2.21. The zero-order chi connectivity index (χ0) is 18.9.